The maximum atomic E-state index is 12.4. The number of carbonyl (C=O) groups excluding carboxylic acids is 1. The van der Waals surface area contributed by atoms with Gasteiger partial charge in [0.1, 0.15) is 12.4 Å². The molecule has 2 atom stereocenters. The van der Waals surface area contributed by atoms with E-state index in [1.807, 2.05) is 50.5 Å². The third-order valence-electron chi connectivity index (χ3n) is 7.52. The molecule has 42 heavy (non-hydrogen) atoms. The van der Waals surface area contributed by atoms with Crippen LogP contribution in [0.1, 0.15) is 34.7 Å². The van der Waals surface area contributed by atoms with Crippen molar-refractivity contribution in [2.45, 2.75) is 25.9 Å². The van der Waals surface area contributed by atoms with Gasteiger partial charge in [-0.05, 0) is 92.3 Å². The molecule has 0 unspecified atom stereocenters. The van der Waals surface area contributed by atoms with Crippen molar-refractivity contribution in [3.05, 3.63) is 95.6 Å². The molecule has 2 aromatic carbocycles. The third kappa shape index (κ3) is 5.55. The molecular formula is C32H36N6O3S. The lowest BCUT2D eigenvalue weighted by molar-refractivity contribution is -0.119. The van der Waals surface area contributed by atoms with Gasteiger partial charge in [-0.2, -0.15) is 0 Å². The monoisotopic (exact) mass is 584 g/mol. The molecule has 0 saturated carbocycles. The molecule has 0 bridgehead atoms. The molecule has 1 amide bonds. The minimum atomic E-state index is -0.276. The first kappa shape index (κ1) is 29.1. The fraction of sp³-hybridized carbons (Fsp3) is 0.281. The number of nitrogens with zero attached hydrogens (tertiary/aromatic N) is 4. The summed E-state index contributed by atoms with van der Waals surface area (Å²) in [4.78, 5) is 21.3. The molecule has 1 fully saturated rings. The molecular weight excluding hydrogens is 548 g/mol. The van der Waals surface area contributed by atoms with Crippen molar-refractivity contribution in [2.75, 3.05) is 50.0 Å². The van der Waals surface area contributed by atoms with E-state index in [9.17, 15) is 4.79 Å². The van der Waals surface area contributed by atoms with E-state index >= 15 is 0 Å². The lowest BCUT2D eigenvalue weighted by atomic mass is 9.96. The largest absolute Gasteiger partial charge is 0.495 e. The lowest BCUT2D eigenvalue weighted by Crippen LogP contribution is -2.29. The second kappa shape index (κ2) is 12.2. The Balaban J connectivity index is 1.63. The summed E-state index contributed by atoms with van der Waals surface area (Å²) in [6.07, 6.45) is 1.80. The molecule has 2 N–H and O–H groups in total. The number of aryl methyl sites for hydroxylation is 1. The fourth-order valence-electron chi connectivity index (χ4n) is 5.59. The minimum Gasteiger partial charge on any atom is -0.495 e. The Morgan fingerprint density at radius 3 is 2.43 bits per heavy atom. The SMILES string of the molecule is COCC(=O)Nc1cc(N2C(=S)N[C@@H](c3ccccn3)[C@@H]2c2cc(C)n(-c3ccc(N(C)C)cc3)c2C)ccc1OC. The second-order valence-electron chi connectivity index (χ2n) is 10.4. The van der Waals surface area contributed by atoms with Crippen molar-refractivity contribution in [1.29, 1.82) is 0 Å². The summed E-state index contributed by atoms with van der Waals surface area (Å²) in [5.74, 6) is 0.264. The van der Waals surface area contributed by atoms with E-state index in [0.29, 0.717) is 16.5 Å². The predicted octanol–water partition coefficient (Wildman–Crippen LogP) is 5.33. The number of hydrogen-bond acceptors (Lipinski definition) is 6. The first-order valence-electron chi connectivity index (χ1n) is 13.7. The average Bonchev–Trinajstić information content (AvgIpc) is 3.48. The Hall–Kier alpha value is -4.41. The zero-order valence-corrected chi connectivity index (χ0v) is 25.5. The summed E-state index contributed by atoms with van der Waals surface area (Å²) >= 11 is 5.96. The van der Waals surface area contributed by atoms with Crippen LogP contribution in [-0.2, 0) is 9.53 Å². The summed E-state index contributed by atoms with van der Waals surface area (Å²) in [7, 11) is 7.13. The first-order valence-corrected chi connectivity index (χ1v) is 14.1. The number of carbonyl (C=O) groups is 1. The number of ether oxygens (including phenoxy) is 2. The smallest absolute Gasteiger partial charge is 0.250 e. The zero-order chi connectivity index (χ0) is 30.0. The Morgan fingerprint density at radius 2 is 1.79 bits per heavy atom. The Bertz CT molecular complexity index is 1590. The molecule has 0 radical (unpaired) electrons. The van der Waals surface area contributed by atoms with Gasteiger partial charge >= 0.3 is 0 Å². The molecule has 5 rings (SSSR count). The Morgan fingerprint density at radius 1 is 1.05 bits per heavy atom. The van der Waals surface area contributed by atoms with E-state index < -0.39 is 0 Å². The average molecular weight is 585 g/mol. The molecule has 218 valence electrons. The van der Waals surface area contributed by atoms with Crippen molar-refractivity contribution in [3.63, 3.8) is 0 Å². The fourth-order valence-corrected chi connectivity index (χ4v) is 5.94. The van der Waals surface area contributed by atoms with Gasteiger partial charge in [0.2, 0.25) is 5.91 Å². The van der Waals surface area contributed by atoms with Gasteiger partial charge in [-0.1, -0.05) is 6.07 Å². The molecule has 1 saturated heterocycles. The van der Waals surface area contributed by atoms with E-state index in [0.717, 1.165) is 39.7 Å². The van der Waals surface area contributed by atoms with Crippen LogP contribution in [0.3, 0.4) is 0 Å². The number of nitrogens with one attached hydrogen (secondary N) is 2. The van der Waals surface area contributed by atoms with Gasteiger partial charge in [-0.3, -0.25) is 9.78 Å². The van der Waals surface area contributed by atoms with Crippen LogP contribution in [0.5, 0.6) is 5.75 Å². The highest BCUT2D eigenvalue weighted by molar-refractivity contribution is 7.80. The summed E-state index contributed by atoms with van der Waals surface area (Å²) in [6.45, 7) is 4.19. The van der Waals surface area contributed by atoms with E-state index in [2.05, 4.69) is 69.2 Å². The van der Waals surface area contributed by atoms with Gasteiger partial charge < -0.3 is 34.5 Å². The van der Waals surface area contributed by atoms with Crippen molar-refractivity contribution in [1.82, 2.24) is 14.9 Å². The molecule has 9 nitrogen and oxygen atoms in total. The quantitative estimate of drug-likeness (QED) is 0.256. The molecule has 1 aliphatic heterocycles. The van der Waals surface area contributed by atoms with Gasteiger partial charge in [0.05, 0.1) is 30.6 Å². The summed E-state index contributed by atoms with van der Waals surface area (Å²) in [6, 6.07) is 21.9. The molecule has 0 spiro atoms. The molecule has 10 heteroatoms. The van der Waals surface area contributed by atoms with Crippen LogP contribution in [0.15, 0.2) is 72.9 Å². The molecule has 0 aliphatic carbocycles. The second-order valence-corrected chi connectivity index (χ2v) is 10.8. The highest BCUT2D eigenvalue weighted by Gasteiger charge is 2.42. The number of amides is 1. The van der Waals surface area contributed by atoms with Crippen LogP contribution in [0, 0.1) is 13.8 Å². The molecule has 2 aromatic heterocycles. The summed E-state index contributed by atoms with van der Waals surface area (Å²) < 4.78 is 12.8. The van der Waals surface area contributed by atoms with Crippen LogP contribution in [0.4, 0.5) is 17.1 Å². The van der Waals surface area contributed by atoms with Crippen molar-refractivity contribution >= 4 is 40.3 Å². The number of methoxy groups -OCH3 is 2. The Labute approximate surface area is 252 Å². The number of rotatable bonds is 9. The van der Waals surface area contributed by atoms with Crippen LogP contribution >= 0.6 is 12.2 Å². The van der Waals surface area contributed by atoms with Gasteiger partial charge in [-0.15, -0.1) is 0 Å². The maximum Gasteiger partial charge on any atom is 0.250 e. The van der Waals surface area contributed by atoms with Gasteiger partial charge in [0.25, 0.3) is 0 Å². The highest BCUT2D eigenvalue weighted by Crippen LogP contribution is 2.45. The Kier molecular flexibility index (Phi) is 8.46. The van der Waals surface area contributed by atoms with E-state index in [1.165, 1.54) is 7.11 Å². The van der Waals surface area contributed by atoms with Gasteiger partial charge in [-0.25, -0.2) is 0 Å². The standard InChI is InChI=1S/C32H36N6O3S/c1-20-17-25(21(2)37(20)23-12-10-22(11-13-23)36(3)4)31-30(26-9-7-8-16-33-26)35-32(42)38(31)24-14-15-28(41-6)27(18-24)34-29(39)19-40-5/h7-18,30-31H,19H2,1-6H3,(H,34,39)(H,35,42)/t30-,31-/m0/s1. The van der Waals surface area contributed by atoms with Crippen LogP contribution in [0.25, 0.3) is 5.69 Å². The summed E-state index contributed by atoms with van der Waals surface area (Å²) in [5, 5.41) is 7.00. The van der Waals surface area contributed by atoms with E-state index in [4.69, 9.17) is 26.7 Å². The van der Waals surface area contributed by atoms with Crippen LogP contribution in [0.2, 0.25) is 0 Å². The molecule has 4 aromatic rings. The number of benzene rings is 2. The van der Waals surface area contributed by atoms with E-state index in [-0.39, 0.29) is 24.6 Å². The van der Waals surface area contributed by atoms with Crippen molar-refractivity contribution in [3.8, 4) is 11.4 Å². The highest BCUT2D eigenvalue weighted by atomic mass is 32.1. The van der Waals surface area contributed by atoms with Crippen molar-refractivity contribution < 1.29 is 14.3 Å². The van der Waals surface area contributed by atoms with Crippen molar-refractivity contribution in [2.24, 2.45) is 0 Å². The van der Waals surface area contributed by atoms with E-state index in [1.54, 1.807) is 13.3 Å². The van der Waals surface area contributed by atoms with Crippen LogP contribution in [-0.4, -0.2) is 55.5 Å². The maximum absolute atomic E-state index is 12.4. The first-order chi connectivity index (χ1) is 20.2. The van der Waals surface area contributed by atoms with Crippen LogP contribution < -0.4 is 25.2 Å². The number of hydrogen-bond donors (Lipinski definition) is 2. The number of anilines is 3. The van der Waals surface area contributed by atoms with Gasteiger partial charge in [0.15, 0.2) is 5.11 Å². The number of pyridine rings is 1. The summed E-state index contributed by atoms with van der Waals surface area (Å²) in [5.41, 5.74) is 7.79. The number of aromatic nitrogens is 2. The minimum absolute atomic E-state index is 0.0665. The number of thiocarbonyl (C=S) groups is 1. The molecule has 1 aliphatic rings. The normalized spacial score (nSPS) is 16.3. The molecule has 3 heterocycles. The zero-order valence-electron chi connectivity index (χ0n) is 24.7. The topological polar surface area (TPSA) is 83.9 Å². The lowest BCUT2D eigenvalue weighted by Gasteiger charge is -2.29. The van der Waals surface area contributed by atoms with Gasteiger partial charge in [0, 0.05) is 55.9 Å². The predicted molar refractivity (Wildman–Crippen MR) is 171 cm³/mol. The third-order valence-corrected chi connectivity index (χ3v) is 7.84.